The van der Waals surface area contributed by atoms with Gasteiger partial charge < -0.3 is 10.2 Å². The van der Waals surface area contributed by atoms with Crippen LogP contribution in [0.3, 0.4) is 0 Å². The van der Waals surface area contributed by atoms with Gasteiger partial charge in [0.15, 0.2) is 0 Å². The van der Waals surface area contributed by atoms with Crippen LogP contribution < -0.4 is 0 Å². The van der Waals surface area contributed by atoms with Crippen molar-refractivity contribution < 1.29 is 10.2 Å². The summed E-state index contributed by atoms with van der Waals surface area (Å²) in [6.07, 6.45) is 5.97. The Kier molecular flexibility index (Phi) is 2.34. The van der Waals surface area contributed by atoms with Crippen LogP contribution in [0.15, 0.2) is 55.7 Å². The maximum atomic E-state index is 10.6. The van der Waals surface area contributed by atoms with Gasteiger partial charge >= 0.3 is 0 Å². The first-order chi connectivity index (χ1) is 7.57. The van der Waals surface area contributed by atoms with E-state index >= 15 is 0 Å². The van der Waals surface area contributed by atoms with Crippen LogP contribution in [-0.4, -0.2) is 15.8 Å². The minimum atomic E-state index is -1.53. The zero-order chi connectivity index (χ0) is 11.8. The zero-order valence-corrected chi connectivity index (χ0v) is 8.93. The molecule has 0 spiro atoms. The fourth-order valence-electron chi connectivity index (χ4n) is 2.05. The molecule has 82 valence electrons. The Morgan fingerprint density at radius 1 is 1.06 bits per heavy atom. The minimum absolute atomic E-state index is 0.634. The van der Waals surface area contributed by atoms with E-state index in [0.29, 0.717) is 5.56 Å². The summed E-state index contributed by atoms with van der Waals surface area (Å²) in [6, 6.07) is 7.35. The maximum Gasteiger partial charge on any atom is 0.144 e. The van der Waals surface area contributed by atoms with Crippen molar-refractivity contribution in [1.29, 1.82) is 0 Å². The van der Waals surface area contributed by atoms with Gasteiger partial charge in [0.25, 0.3) is 0 Å². The Balaban J connectivity index is 2.73. The largest absolute Gasteiger partial charge is 0.378 e. The molecule has 0 saturated heterocycles. The number of fused-ring (bicyclic) bond motifs is 1. The van der Waals surface area contributed by atoms with Gasteiger partial charge in [0.05, 0.1) is 0 Å². The first-order valence-corrected chi connectivity index (χ1v) is 5.08. The molecule has 0 aliphatic heterocycles. The standard InChI is InChI=1S/C14H14O2/c1-3-13(15)10-9-11-7-5-6-8-12(11)14(13,16)4-2/h3-10,15-16H,1-2H2/t13-,14-/m0/s1. The summed E-state index contributed by atoms with van der Waals surface area (Å²) in [7, 11) is 0. The van der Waals surface area contributed by atoms with Crippen molar-refractivity contribution in [2.24, 2.45) is 0 Å². The molecule has 2 rings (SSSR count). The van der Waals surface area contributed by atoms with Crippen LogP contribution in [0, 0.1) is 0 Å². The summed E-state index contributed by atoms with van der Waals surface area (Å²) in [5.41, 5.74) is -1.53. The second-order valence-electron chi connectivity index (χ2n) is 3.92. The monoisotopic (exact) mass is 214 g/mol. The van der Waals surface area contributed by atoms with E-state index in [4.69, 9.17) is 0 Å². The Bertz CT molecular complexity index is 475. The molecule has 0 bridgehead atoms. The van der Waals surface area contributed by atoms with Gasteiger partial charge in [-0.25, -0.2) is 0 Å². The van der Waals surface area contributed by atoms with Gasteiger partial charge in [-0.1, -0.05) is 55.7 Å². The molecule has 1 aromatic carbocycles. The molecule has 2 atom stereocenters. The van der Waals surface area contributed by atoms with Crippen molar-refractivity contribution in [3.05, 3.63) is 66.8 Å². The quantitative estimate of drug-likeness (QED) is 0.739. The SMILES string of the molecule is C=C[C@]1(O)C=Cc2ccccc2[C@@]1(O)C=C. The normalized spacial score (nSPS) is 31.9. The highest BCUT2D eigenvalue weighted by atomic mass is 16.4. The van der Waals surface area contributed by atoms with E-state index in [2.05, 4.69) is 13.2 Å². The van der Waals surface area contributed by atoms with Crippen molar-refractivity contribution in [3.63, 3.8) is 0 Å². The van der Waals surface area contributed by atoms with Crippen molar-refractivity contribution in [2.45, 2.75) is 11.2 Å². The smallest absolute Gasteiger partial charge is 0.144 e. The lowest BCUT2D eigenvalue weighted by Gasteiger charge is -2.41. The third-order valence-corrected chi connectivity index (χ3v) is 3.11. The highest BCUT2D eigenvalue weighted by Gasteiger charge is 2.47. The summed E-state index contributed by atoms with van der Waals surface area (Å²) in [4.78, 5) is 0. The van der Waals surface area contributed by atoms with Gasteiger partial charge in [0.1, 0.15) is 11.2 Å². The predicted molar refractivity (Wildman–Crippen MR) is 64.7 cm³/mol. The van der Waals surface area contributed by atoms with Crippen LogP contribution >= 0.6 is 0 Å². The molecular weight excluding hydrogens is 200 g/mol. The lowest BCUT2D eigenvalue weighted by molar-refractivity contribution is -0.0678. The number of hydrogen-bond acceptors (Lipinski definition) is 2. The highest BCUT2D eigenvalue weighted by molar-refractivity contribution is 5.64. The van der Waals surface area contributed by atoms with Crippen LogP contribution in [0.5, 0.6) is 0 Å². The highest BCUT2D eigenvalue weighted by Crippen LogP contribution is 2.41. The van der Waals surface area contributed by atoms with Crippen LogP contribution in [0.4, 0.5) is 0 Å². The van der Waals surface area contributed by atoms with Crippen molar-refractivity contribution in [1.82, 2.24) is 0 Å². The van der Waals surface area contributed by atoms with Crippen LogP contribution in [0.25, 0.3) is 6.08 Å². The van der Waals surface area contributed by atoms with Gasteiger partial charge in [-0.15, -0.1) is 0 Å². The molecule has 2 nitrogen and oxygen atoms in total. The molecule has 0 heterocycles. The molecule has 0 radical (unpaired) electrons. The molecular formula is C14H14O2. The molecule has 2 heteroatoms. The summed E-state index contributed by atoms with van der Waals surface area (Å²) in [5, 5.41) is 20.9. The second-order valence-corrected chi connectivity index (χ2v) is 3.92. The van der Waals surface area contributed by atoms with E-state index in [9.17, 15) is 10.2 Å². The number of rotatable bonds is 2. The first kappa shape index (κ1) is 10.9. The molecule has 0 fully saturated rings. The Hall–Kier alpha value is -1.64. The van der Waals surface area contributed by atoms with E-state index in [1.54, 1.807) is 12.1 Å². The topological polar surface area (TPSA) is 40.5 Å². The van der Waals surface area contributed by atoms with Gasteiger partial charge in [0, 0.05) is 0 Å². The van der Waals surface area contributed by atoms with Gasteiger partial charge in [-0.3, -0.25) is 0 Å². The van der Waals surface area contributed by atoms with Gasteiger partial charge in [-0.2, -0.15) is 0 Å². The van der Waals surface area contributed by atoms with E-state index in [0.717, 1.165) is 5.56 Å². The molecule has 1 aliphatic carbocycles. The molecule has 16 heavy (non-hydrogen) atoms. The maximum absolute atomic E-state index is 10.6. The van der Waals surface area contributed by atoms with Crippen molar-refractivity contribution in [2.75, 3.05) is 0 Å². The summed E-state index contributed by atoms with van der Waals surface area (Å²) < 4.78 is 0. The molecule has 0 unspecified atom stereocenters. The van der Waals surface area contributed by atoms with Crippen molar-refractivity contribution >= 4 is 6.08 Å². The number of benzene rings is 1. The molecule has 0 saturated carbocycles. The van der Waals surface area contributed by atoms with Crippen LogP contribution in [0.2, 0.25) is 0 Å². The number of aliphatic hydroxyl groups is 2. The van der Waals surface area contributed by atoms with Crippen LogP contribution in [-0.2, 0) is 5.60 Å². The lowest BCUT2D eigenvalue weighted by Crippen LogP contribution is -2.49. The van der Waals surface area contributed by atoms with E-state index in [1.165, 1.54) is 18.2 Å². The molecule has 2 N–H and O–H groups in total. The first-order valence-electron chi connectivity index (χ1n) is 5.08. The molecule has 1 aromatic rings. The van der Waals surface area contributed by atoms with E-state index in [1.807, 2.05) is 18.2 Å². The molecule has 0 aromatic heterocycles. The van der Waals surface area contributed by atoms with E-state index < -0.39 is 11.2 Å². The Labute approximate surface area is 94.9 Å². The second kappa shape index (κ2) is 3.44. The van der Waals surface area contributed by atoms with Crippen molar-refractivity contribution in [3.8, 4) is 0 Å². The zero-order valence-electron chi connectivity index (χ0n) is 8.93. The van der Waals surface area contributed by atoms with Crippen LogP contribution in [0.1, 0.15) is 11.1 Å². The summed E-state index contributed by atoms with van der Waals surface area (Å²) in [5.74, 6) is 0. The molecule has 1 aliphatic rings. The van der Waals surface area contributed by atoms with Gasteiger partial charge in [0.2, 0.25) is 0 Å². The average Bonchev–Trinajstić information content (AvgIpc) is 2.34. The summed E-state index contributed by atoms with van der Waals surface area (Å²) in [6.45, 7) is 7.17. The summed E-state index contributed by atoms with van der Waals surface area (Å²) >= 11 is 0. The third-order valence-electron chi connectivity index (χ3n) is 3.11. The lowest BCUT2D eigenvalue weighted by atomic mass is 9.72. The third kappa shape index (κ3) is 1.21. The fourth-order valence-corrected chi connectivity index (χ4v) is 2.05. The van der Waals surface area contributed by atoms with Gasteiger partial charge in [-0.05, 0) is 17.2 Å². The fraction of sp³-hybridized carbons (Fsp3) is 0.143. The van der Waals surface area contributed by atoms with E-state index in [-0.39, 0.29) is 0 Å². The minimum Gasteiger partial charge on any atom is -0.378 e. The Morgan fingerprint density at radius 3 is 2.38 bits per heavy atom. The Morgan fingerprint density at radius 2 is 1.75 bits per heavy atom. The molecule has 0 amide bonds. The number of hydrogen-bond donors (Lipinski definition) is 2. The average molecular weight is 214 g/mol. The predicted octanol–water partition coefficient (Wildman–Crippen LogP) is 2.00.